The standard InChI is InChI=1S/C20H28N2O4/c1-4-20(2,19(24)21-15-8-6-5-7-9-15)22(3)18(23)14-10-11-16-17(12-14)26-13-25-16/h10-12,15H,4-9,13H2,1-3H3,(H,21,24)/t20-/m1/s1. The average Bonchev–Trinajstić information content (AvgIpc) is 3.14. The maximum absolute atomic E-state index is 13.0. The molecule has 6 nitrogen and oxygen atoms in total. The Morgan fingerprint density at radius 2 is 1.88 bits per heavy atom. The minimum absolute atomic E-state index is 0.0801. The number of hydrogen-bond acceptors (Lipinski definition) is 4. The van der Waals surface area contributed by atoms with Gasteiger partial charge in [-0.25, -0.2) is 0 Å². The van der Waals surface area contributed by atoms with E-state index in [1.165, 1.54) is 6.42 Å². The summed E-state index contributed by atoms with van der Waals surface area (Å²) in [6, 6.07) is 5.34. The number of fused-ring (bicyclic) bond motifs is 1. The van der Waals surface area contributed by atoms with Crippen molar-refractivity contribution in [1.29, 1.82) is 0 Å². The van der Waals surface area contributed by atoms with Crippen molar-refractivity contribution >= 4 is 11.8 Å². The molecule has 2 aliphatic rings. The number of ether oxygens (including phenoxy) is 2. The quantitative estimate of drug-likeness (QED) is 0.876. The topological polar surface area (TPSA) is 67.9 Å². The maximum atomic E-state index is 13.0. The van der Waals surface area contributed by atoms with Crippen molar-refractivity contribution in [2.45, 2.75) is 64.0 Å². The number of nitrogens with one attached hydrogen (secondary N) is 1. The van der Waals surface area contributed by atoms with Crippen LogP contribution in [-0.2, 0) is 4.79 Å². The highest BCUT2D eigenvalue weighted by atomic mass is 16.7. The van der Waals surface area contributed by atoms with Crippen LogP contribution in [0, 0.1) is 0 Å². The molecule has 0 bridgehead atoms. The molecule has 1 fully saturated rings. The molecule has 1 aromatic rings. The van der Waals surface area contributed by atoms with Gasteiger partial charge in [-0.05, 0) is 44.4 Å². The molecule has 0 saturated heterocycles. The third-order valence-corrected chi connectivity index (χ3v) is 5.78. The van der Waals surface area contributed by atoms with E-state index >= 15 is 0 Å². The van der Waals surface area contributed by atoms with Gasteiger partial charge in [-0.15, -0.1) is 0 Å². The van der Waals surface area contributed by atoms with Crippen molar-refractivity contribution in [2.24, 2.45) is 0 Å². The zero-order valence-corrected chi connectivity index (χ0v) is 15.8. The van der Waals surface area contributed by atoms with Gasteiger partial charge in [0.15, 0.2) is 11.5 Å². The van der Waals surface area contributed by atoms with Gasteiger partial charge in [0.25, 0.3) is 5.91 Å². The number of benzene rings is 1. The Hall–Kier alpha value is -2.24. The van der Waals surface area contributed by atoms with E-state index in [0.29, 0.717) is 23.5 Å². The molecule has 1 aliphatic carbocycles. The molecule has 26 heavy (non-hydrogen) atoms. The molecule has 1 atom stereocenters. The lowest BCUT2D eigenvalue weighted by Gasteiger charge is -2.38. The van der Waals surface area contributed by atoms with Crippen LogP contribution in [0.2, 0.25) is 0 Å². The molecule has 0 aromatic heterocycles. The summed E-state index contributed by atoms with van der Waals surface area (Å²) in [6.07, 6.45) is 6.12. The second kappa shape index (κ2) is 7.56. The Morgan fingerprint density at radius 1 is 1.19 bits per heavy atom. The average molecular weight is 360 g/mol. The minimum atomic E-state index is -0.898. The van der Waals surface area contributed by atoms with Gasteiger partial charge in [-0.2, -0.15) is 0 Å². The number of rotatable bonds is 5. The SMILES string of the molecule is CC[C@](C)(C(=O)NC1CCCCC1)N(C)C(=O)c1ccc2c(c1)OCO2. The van der Waals surface area contributed by atoms with Crippen molar-refractivity contribution in [3.05, 3.63) is 23.8 Å². The highest BCUT2D eigenvalue weighted by Crippen LogP contribution is 2.33. The molecule has 1 saturated carbocycles. The summed E-state index contributed by atoms with van der Waals surface area (Å²) < 4.78 is 10.7. The van der Waals surface area contributed by atoms with E-state index in [1.54, 1.807) is 30.1 Å². The summed E-state index contributed by atoms with van der Waals surface area (Å²) in [5.74, 6) is 0.918. The Labute approximate surface area is 154 Å². The Kier molecular flexibility index (Phi) is 5.39. The molecule has 0 spiro atoms. The van der Waals surface area contributed by atoms with Crippen LogP contribution in [0.5, 0.6) is 11.5 Å². The molecule has 3 rings (SSSR count). The van der Waals surface area contributed by atoms with Gasteiger partial charge in [0.05, 0.1) is 0 Å². The highest BCUT2D eigenvalue weighted by Gasteiger charge is 2.39. The van der Waals surface area contributed by atoms with Crippen molar-refractivity contribution in [3.63, 3.8) is 0 Å². The third-order valence-electron chi connectivity index (χ3n) is 5.78. The molecule has 6 heteroatoms. The Balaban J connectivity index is 1.74. The summed E-state index contributed by atoms with van der Waals surface area (Å²) in [5.41, 5.74) is -0.410. The van der Waals surface area contributed by atoms with Gasteiger partial charge in [-0.3, -0.25) is 9.59 Å². The minimum Gasteiger partial charge on any atom is -0.454 e. The van der Waals surface area contributed by atoms with E-state index in [1.807, 2.05) is 13.8 Å². The summed E-state index contributed by atoms with van der Waals surface area (Å²) in [7, 11) is 1.69. The van der Waals surface area contributed by atoms with Crippen molar-refractivity contribution in [2.75, 3.05) is 13.8 Å². The summed E-state index contributed by atoms with van der Waals surface area (Å²) in [4.78, 5) is 27.5. The van der Waals surface area contributed by atoms with Crippen LogP contribution in [0.4, 0.5) is 0 Å². The first-order chi connectivity index (χ1) is 12.5. The van der Waals surface area contributed by atoms with E-state index < -0.39 is 5.54 Å². The van der Waals surface area contributed by atoms with Crippen LogP contribution in [0.15, 0.2) is 18.2 Å². The fourth-order valence-electron chi connectivity index (χ4n) is 3.59. The van der Waals surface area contributed by atoms with Crippen LogP contribution in [0.1, 0.15) is 62.7 Å². The van der Waals surface area contributed by atoms with E-state index in [-0.39, 0.29) is 24.6 Å². The Bertz CT molecular complexity index is 684. The van der Waals surface area contributed by atoms with Crippen LogP contribution < -0.4 is 14.8 Å². The molecule has 1 aliphatic heterocycles. The molecule has 0 unspecified atom stereocenters. The second-order valence-corrected chi connectivity index (χ2v) is 7.37. The van der Waals surface area contributed by atoms with Gasteiger partial charge < -0.3 is 19.7 Å². The molecule has 2 amide bonds. The lowest BCUT2D eigenvalue weighted by atomic mass is 9.91. The molecule has 0 radical (unpaired) electrons. The first kappa shape index (κ1) is 18.5. The first-order valence-electron chi connectivity index (χ1n) is 9.44. The number of carbonyl (C=O) groups is 2. The molecule has 142 valence electrons. The van der Waals surface area contributed by atoms with Gasteiger partial charge in [-0.1, -0.05) is 26.2 Å². The molecule has 1 aromatic carbocycles. The number of amides is 2. The van der Waals surface area contributed by atoms with Crippen molar-refractivity contribution in [3.8, 4) is 11.5 Å². The van der Waals surface area contributed by atoms with E-state index in [2.05, 4.69) is 5.32 Å². The van der Waals surface area contributed by atoms with Crippen molar-refractivity contribution in [1.82, 2.24) is 10.2 Å². The molecule has 1 N–H and O–H groups in total. The van der Waals surface area contributed by atoms with E-state index in [4.69, 9.17) is 9.47 Å². The van der Waals surface area contributed by atoms with Crippen LogP contribution in [0.3, 0.4) is 0 Å². The van der Waals surface area contributed by atoms with Gasteiger partial charge in [0.1, 0.15) is 5.54 Å². The fourth-order valence-corrected chi connectivity index (χ4v) is 3.59. The normalized spacial score (nSPS) is 18.9. The second-order valence-electron chi connectivity index (χ2n) is 7.37. The monoisotopic (exact) mass is 360 g/mol. The van der Waals surface area contributed by atoms with E-state index in [0.717, 1.165) is 25.7 Å². The van der Waals surface area contributed by atoms with Gasteiger partial charge >= 0.3 is 0 Å². The molecular weight excluding hydrogens is 332 g/mol. The number of carbonyl (C=O) groups excluding carboxylic acids is 2. The van der Waals surface area contributed by atoms with Gasteiger partial charge in [0, 0.05) is 18.7 Å². The predicted molar refractivity (Wildman–Crippen MR) is 98.4 cm³/mol. The third kappa shape index (κ3) is 3.50. The van der Waals surface area contributed by atoms with Crippen LogP contribution in [0.25, 0.3) is 0 Å². The number of nitrogens with zero attached hydrogens (tertiary/aromatic N) is 1. The van der Waals surface area contributed by atoms with Gasteiger partial charge in [0.2, 0.25) is 12.7 Å². The first-order valence-corrected chi connectivity index (χ1v) is 9.44. The zero-order chi connectivity index (χ0) is 18.7. The number of hydrogen-bond donors (Lipinski definition) is 1. The van der Waals surface area contributed by atoms with Crippen molar-refractivity contribution < 1.29 is 19.1 Å². The summed E-state index contributed by atoms with van der Waals surface area (Å²) in [5, 5.41) is 3.16. The molecular formula is C20H28N2O4. The Morgan fingerprint density at radius 3 is 2.58 bits per heavy atom. The molecule has 1 heterocycles. The van der Waals surface area contributed by atoms with Crippen LogP contribution in [-0.4, -0.2) is 42.1 Å². The number of likely N-dealkylation sites (N-methyl/N-ethyl adjacent to an activating group) is 1. The predicted octanol–water partition coefficient (Wildman–Crippen LogP) is 3.10. The smallest absolute Gasteiger partial charge is 0.254 e. The lowest BCUT2D eigenvalue weighted by Crippen LogP contribution is -2.58. The van der Waals surface area contributed by atoms with Crippen LogP contribution >= 0.6 is 0 Å². The van der Waals surface area contributed by atoms with E-state index in [9.17, 15) is 9.59 Å². The largest absolute Gasteiger partial charge is 0.454 e. The highest BCUT2D eigenvalue weighted by molar-refractivity contribution is 5.99. The summed E-state index contributed by atoms with van der Waals surface area (Å²) in [6.45, 7) is 3.93. The summed E-state index contributed by atoms with van der Waals surface area (Å²) >= 11 is 0. The zero-order valence-electron chi connectivity index (χ0n) is 15.8. The lowest BCUT2D eigenvalue weighted by molar-refractivity contribution is -0.131. The fraction of sp³-hybridized carbons (Fsp3) is 0.600. The maximum Gasteiger partial charge on any atom is 0.254 e.